The Morgan fingerprint density at radius 1 is 1.47 bits per heavy atom. The molecule has 1 aromatic rings. The van der Waals surface area contributed by atoms with E-state index in [1.807, 2.05) is 0 Å². The predicted octanol–water partition coefficient (Wildman–Crippen LogP) is 0.963. The molecule has 1 unspecified atom stereocenters. The third-order valence-electron chi connectivity index (χ3n) is 2.62. The minimum Gasteiger partial charge on any atom is -0.242 e. The average molecular weight is 390 g/mol. The number of nitrogens with zero attached hydrogens (tertiary/aromatic N) is 1. The first kappa shape index (κ1) is 15.2. The fourth-order valence-electron chi connectivity index (χ4n) is 1.76. The van der Waals surface area contributed by atoms with E-state index in [2.05, 4.69) is 25.6 Å². The standard InChI is InChI=1S/C9H10BrClN2O4S2/c10-6-3-8(9(11)12-4-6)19(16,17)13-7-1-2-18(14,15)5-7/h3-4,7,13H,1-2,5H2. The summed E-state index contributed by atoms with van der Waals surface area (Å²) in [7, 11) is -7.04. The minimum atomic E-state index is -3.89. The molecule has 2 rings (SSSR count). The summed E-state index contributed by atoms with van der Waals surface area (Å²) < 4.78 is 49.7. The molecule has 6 nitrogen and oxygen atoms in total. The van der Waals surface area contributed by atoms with Gasteiger partial charge in [-0.2, -0.15) is 0 Å². The Morgan fingerprint density at radius 3 is 2.74 bits per heavy atom. The van der Waals surface area contributed by atoms with E-state index in [1.165, 1.54) is 12.3 Å². The second kappa shape index (κ2) is 5.28. The molecule has 2 heterocycles. The van der Waals surface area contributed by atoms with Gasteiger partial charge in [0.1, 0.15) is 10.0 Å². The predicted molar refractivity (Wildman–Crippen MR) is 74.3 cm³/mol. The summed E-state index contributed by atoms with van der Waals surface area (Å²) in [6.45, 7) is 0. The maximum Gasteiger partial charge on any atom is 0.243 e. The summed E-state index contributed by atoms with van der Waals surface area (Å²) in [5.74, 6) is -0.198. The maximum atomic E-state index is 12.1. The number of nitrogens with one attached hydrogen (secondary N) is 1. The van der Waals surface area contributed by atoms with Gasteiger partial charge in [0, 0.05) is 16.7 Å². The summed E-state index contributed by atoms with van der Waals surface area (Å²) in [5.41, 5.74) is 0. The van der Waals surface area contributed by atoms with Crippen molar-refractivity contribution in [2.45, 2.75) is 17.4 Å². The third kappa shape index (κ3) is 3.66. The van der Waals surface area contributed by atoms with Crippen LogP contribution in [0, 0.1) is 0 Å². The van der Waals surface area contributed by atoms with Gasteiger partial charge in [0.25, 0.3) is 0 Å². The number of sulfone groups is 1. The van der Waals surface area contributed by atoms with Gasteiger partial charge in [0.05, 0.1) is 11.5 Å². The fourth-order valence-corrected chi connectivity index (χ4v) is 5.76. The van der Waals surface area contributed by atoms with Crippen molar-refractivity contribution in [1.29, 1.82) is 0 Å². The molecular weight excluding hydrogens is 380 g/mol. The van der Waals surface area contributed by atoms with E-state index in [0.717, 1.165) is 0 Å². The monoisotopic (exact) mass is 388 g/mol. The van der Waals surface area contributed by atoms with Gasteiger partial charge < -0.3 is 0 Å². The Morgan fingerprint density at radius 2 is 2.16 bits per heavy atom. The van der Waals surface area contributed by atoms with Crippen molar-refractivity contribution < 1.29 is 16.8 Å². The lowest BCUT2D eigenvalue weighted by atomic mass is 10.3. The van der Waals surface area contributed by atoms with Crippen LogP contribution in [0.15, 0.2) is 21.6 Å². The average Bonchev–Trinajstić information content (AvgIpc) is 2.60. The van der Waals surface area contributed by atoms with Gasteiger partial charge in [-0.1, -0.05) is 11.6 Å². The van der Waals surface area contributed by atoms with Crippen molar-refractivity contribution in [3.05, 3.63) is 21.9 Å². The van der Waals surface area contributed by atoms with E-state index in [9.17, 15) is 16.8 Å². The van der Waals surface area contributed by atoms with Gasteiger partial charge in [-0.05, 0) is 28.4 Å². The molecule has 0 saturated carbocycles. The maximum absolute atomic E-state index is 12.1. The smallest absolute Gasteiger partial charge is 0.242 e. The first-order valence-electron chi connectivity index (χ1n) is 5.23. The molecule has 0 aliphatic carbocycles. The van der Waals surface area contributed by atoms with Gasteiger partial charge in [-0.15, -0.1) is 0 Å². The van der Waals surface area contributed by atoms with Crippen LogP contribution >= 0.6 is 27.5 Å². The van der Waals surface area contributed by atoms with E-state index in [1.54, 1.807) is 0 Å². The van der Waals surface area contributed by atoms with Crippen molar-refractivity contribution in [2.75, 3.05) is 11.5 Å². The molecule has 0 bridgehead atoms. The van der Waals surface area contributed by atoms with Crippen molar-refractivity contribution >= 4 is 47.4 Å². The van der Waals surface area contributed by atoms with Gasteiger partial charge in [0.2, 0.25) is 10.0 Å². The van der Waals surface area contributed by atoms with Crippen LogP contribution in [0.2, 0.25) is 5.15 Å². The van der Waals surface area contributed by atoms with Crippen LogP contribution in [-0.2, 0) is 19.9 Å². The summed E-state index contributed by atoms with van der Waals surface area (Å²) in [6.07, 6.45) is 1.64. The SMILES string of the molecule is O=S1(=O)CCC(NS(=O)(=O)c2cc(Br)cnc2Cl)C1. The lowest BCUT2D eigenvalue weighted by molar-refractivity contribution is 0.562. The zero-order valence-electron chi connectivity index (χ0n) is 9.51. The van der Waals surface area contributed by atoms with Crippen LogP contribution in [0.25, 0.3) is 0 Å². The van der Waals surface area contributed by atoms with Crippen molar-refractivity contribution in [2.24, 2.45) is 0 Å². The first-order chi connectivity index (χ1) is 8.70. The number of pyridine rings is 1. The zero-order valence-corrected chi connectivity index (χ0v) is 13.5. The normalized spacial score (nSPS) is 22.5. The van der Waals surface area contributed by atoms with Gasteiger partial charge in [-0.3, -0.25) is 0 Å². The second-order valence-electron chi connectivity index (χ2n) is 4.16. The van der Waals surface area contributed by atoms with E-state index in [4.69, 9.17) is 11.6 Å². The highest BCUT2D eigenvalue weighted by molar-refractivity contribution is 9.10. The second-order valence-corrected chi connectivity index (χ2v) is 9.35. The molecule has 1 aliphatic heterocycles. The summed E-state index contributed by atoms with van der Waals surface area (Å²) in [5, 5.41) is -0.156. The van der Waals surface area contributed by atoms with Crippen LogP contribution < -0.4 is 4.72 Å². The number of hydrogen-bond acceptors (Lipinski definition) is 5. The van der Waals surface area contributed by atoms with Crippen LogP contribution in [0.1, 0.15) is 6.42 Å². The molecule has 0 aromatic carbocycles. The fraction of sp³-hybridized carbons (Fsp3) is 0.444. The Bertz CT molecular complexity index is 705. The Labute approximate surface area is 124 Å². The van der Waals surface area contributed by atoms with Gasteiger partial charge in [0.15, 0.2) is 9.84 Å². The number of sulfonamides is 1. The molecule has 1 atom stereocenters. The molecule has 0 radical (unpaired) electrons. The molecule has 106 valence electrons. The van der Waals surface area contributed by atoms with Crippen LogP contribution in [0.5, 0.6) is 0 Å². The lowest BCUT2D eigenvalue weighted by Crippen LogP contribution is -2.35. The third-order valence-corrected chi connectivity index (χ3v) is 6.77. The van der Waals surface area contributed by atoms with Crippen LogP contribution in [-0.4, -0.2) is 39.4 Å². The first-order valence-corrected chi connectivity index (χ1v) is 9.71. The molecule has 1 aliphatic rings. The Balaban J connectivity index is 2.26. The highest BCUT2D eigenvalue weighted by Crippen LogP contribution is 2.24. The van der Waals surface area contributed by atoms with E-state index in [-0.39, 0.29) is 28.0 Å². The molecule has 1 aromatic heterocycles. The number of rotatable bonds is 3. The topological polar surface area (TPSA) is 93.2 Å². The van der Waals surface area contributed by atoms with E-state index in [0.29, 0.717) is 4.47 Å². The number of halogens is 2. The molecular formula is C9H10BrClN2O4S2. The van der Waals surface area contributed by atoms with Crippen LogP contribution in [0.3, 0.4) is 0 Å². The summed E-state index contributed by atoms with van der Waals surface area (Å²) >= 11 is 8.86. The van der Waals surface area contributed by atoms with Crippen molar-refractivity contribution in [3.63, 3.8) is 0 Å². The summed E-state index contributed by atoms with van der Waals surface area (Å²) in [6, 6.07) is 0.700. The number of hydrogen-bond donors (Lipinski definition) is 1. The molecule has 19 heavy (non-hydrogen) atoms. The number of aromatic nitrogens is 1. The van der Waals surface area contributed by atoms with Crippen molar-refractivity contribution in [3.8, 4) is 0 Å². The quantitative estimate of drug-likeness (QED) is 0.777. The molecule has 0 amide bonds. The van der Waals surface area contributed by atoms with Gasteiger partial charge >= 0.3 is 0 Å². The highest BCUT2D eigenvalue weighted by Gasteiger charge is 2.32. The molecule has 1 fully saturated rings. The van der Waals surface area contributed by atoms with Crippen molar-refractivity contribution in [1.82, 2.24) is 9.71 Å². The van der Waals surface area contributed by atoms with E-state index >= 15 is 0 Å². The molecule has 10 heteroatoms. The Kier molecular flexibility index (Phi) is 4.22. The summed E-state index contributed by atoms with van der Waals surface area (Å²) in [4.78, 5) is 3.56. The van der Waals surface area contributed by atoms with Gasteiger partial charge in [-0.25, -0.2) is 26.5 Å². The molecule has 1 N–H and O–H groups in total. The van der Waals surface area contributed by atoms with E-state index < -0.39 is 25.9 Å². The molecule has 0 spiro atoms. The largest absolute Gasteiger partial charge is 0.243 e. The van der Waals surface area contributed by atoms with Crippen LogP contribution in [0.4, 0.5) is 0 Å². The molecule has 1 saturated heterocycles. The zero-order chi connectivity index (χ0) is 14.3. The lowest BCUT2D eigenvalue weighted by Gasteiger charge is -2.12. The minimum absolute atomic E-state index is 0.00927. The highest BCUT2D eigenvalue weighted by atomic mass is 79.9. The Hall–Kier alpha value is -0.220.